The minimum atomic E-state index is 0.0922. The van der Waals surface area contributed by atoms with Gasteiger partial charge in [0.1, 0.15) is 0 Å². The van der Waals surface area contributed by atoms with Crippen molar-refractivity contribution in [3.63, 3.8) is 0 Å². The van der Waals surface area contributed by atoms with Crippen molar-refractivity contribution in [2.24, 2.45) is 10.9 Å². The third-order valence-corrected chi connectivity index (χ3v) is 3.93. The lowest BCUT2D eigenvalue weighted by Gasteiger charge is -2.23. The molecular formula is C16H18BrN3O. The Morgan fingerprint density at radius 2 is 1.90 bits per heavy atom. The summed E-state index contributed by atoms with van der Waals surface area (Å²) in [4.78, 5) is 2.01. The molecule has 0 bridgehead atoms. The van der Waals surface area contributed by atoms with Gasteiger partial charge < -0.3 is 15.8 Å². The molecule has 4 nitrogen and oxygen atoms in total. The zero-order chi connectivity index (χ0) is 15.4. The standard InChI is InChI=1S/C16H18BrN3O/c1-3-11-4-7-13(8-5-11)20(2)15-10-12(17)6-9-14(15)16(18)19-21/h4-10,21H,3H2,1-2H3,(H2,18,19). The lowest BCUT2D eigenvalue weighted by Crippen LogP contribution is -2.19. The minimum absolute atomic E-state index is 0.0922. The highest BCUT2D eigenvalue weighted by atomic mass is 79.9. The first-order chi connectivity index (χ1) is 10.1. The summed E-state index contributed by atoms with van der Waals surface area (Å²) in [5, 5.41) is 12.0. The van der Waals surface area contributed by atoms with E-state index in [-0.39, 0.29) is 5.84 Å². The summed E-state index contributed by atoms with van der Waals surface area (Å²) in [7, 11) is 1.96. The van der Waals surface area contributed by atoms with Crippen LogP contribution in [0.1, 0.15) is 18.1 Å². The second kappa shape index (κ2) is 6.63. The molecule has 2 aromatic rings. The molecule has 2 aromatic carbocycles. The fraction of sp³-hybridized carbons (Fsp3) is 0.188. The molecule has 2 rings (SSSR count). The molecule has 0 fully saturated rings. The van der Waals surface area contributed by atoms with Crippen LogP contribution in [0, 0.1) is 0 Å². The summed E-state index contributed by atoms with van der Waals surface area (Å²) >= 11 is 3.46. The van der Waals surface area contributed by atoms with E-state index in [9.17, 15) is 0 Å². The Hall–Kier alpha value is -2.01. The van der Waals surface area contributed by atoms with Crippen molar-refractivity contribution in [1.29, 1.82) is 0 Å². The third-order valence-electron chi connectivity index (χ3n) is 3.44. The van der Waals surface area contributed by atoms with Crippen molar-refractivity contribution in [2.75, 3.05) is 11.9 Å². The van der Waals surface area contributed by atoms with Gasteiger partial charge in [-0.05, 0) is 42.3 Å². The number of benzene rings is 2. The van der Waals surface area contributed by atoms with Gasteiger partial charge in [-0.2, -0.15) is 0 Å². The summed E-state index contributed by atoms with van der Waals surface area (Å²) in [6.07, 6.45) is 1.01. The molecule has 0 radical (unpaired) electrons. The first-order valence-electron chi connectivity index (χ1n) is 6.67. The van der Waals surface area contributed by atoms with Gasteiger partial charge >= 0.3 is 0 Å². The van der Waals surface area contributed by atoms with Crippen LogP contribution in [0.4, 0.5) is 11.4 Å². The van der Waals surface area contributed by atoms with E-state index in [4.69, 9.17) is 10.9 Å². The van der Waals surface area contributed by atoms with Gasteiger partial charge in [0.25, 0.3) is 0 Å². The van der Waals surface area contributed by atoms with Crippen LogP contribution in [0.15, 0.2) is 52.1 Å². The predicted molar refractivity (Wildman–Crippen MR) is 90.5 cm³/mol. The normalized spacial score (nSPS) is 11.5. The summed E-state index contributed by atoms with van der Waals surface area (Å²) in [6.45, 7) is 2.13. The molecule has 0 amide bonds. The molecule has 0 aliphatic rings. The van der Waals surface area contributed by atoms with Gasteiger partial charge in [-0.1, -0.05) is 40.1 Å². The summed E-state index contributed by atoms with van der Waals surface area (Å²) in [6, 6.07) is 14.0. The Morgan fingerprint density at radius 3 is 2.48 bits per heavy atom. The highest BCUT2D eigenvalue weighted by molar-refractivity contribution is 9.10. The number of nitrogens with two attached hydrogens (primary N) is 1. The zero-order valence-corrected chi connectivity index (χ0v) is 13.6. The van der Waals surface area contributed by atoms with Crippen LogP contribution in [0.2, 0.25) is 0 Å². The van der Waals surface area contributed by atoms with Gasteiger partial charge in [0.2, 0.25) is 0 Å². The van der Waals surface area contributed by atoms with E-state index in [1.54, 1.807) is 0 Å². The maximum absolute atomic E-state index is 8.94. The highest BCUT2D eigenvalue weighted by Gasteiger charge is 2.13. The van der Waals surface area contributed by atoms with Crippen molar-refractivity contribution in [2.45, 2.75) is 13.3 Å². The average Bonchev–Trinajstić information content (AvgIpc) is 2.53. The Balaban J connectivity index is 2.46. The van der Waals surface area contributed by atoms with Crippen LogP contribution in [0.25, 0.3) is 0 Å². The maximum Gasteiger partial charge on any atom is 0.172 e. The summed E-state index contributed by atoms with van der Waals surface area (Å²) in [5.74, 6) is 0.0922. The molecule has 0 saturated heterocycles. The Morgan fingerprint density at radius 1 is 1.24 bits per heavy atom. The first-order valence-corrected chi connectivity index (χ1v) is 7.46. The molecule has 0 spiro atoms. The Bertz CT molecular complexity index is 653. The monoisotopic (exact) mass is 347 g/mol. The number of nitrogens with zero attached hydrogens (tertiary/aromatic N) is 2. The largest absolute Gasteiger partial charge is 0.409 e. The van der Waals surface area contributed by atoms with Crippen molar-refractivity contribution in [3.05, 3.63) is 58.1 Å². The number of hydrogen-bond donors (Lipinski definition) is 2. The molecule has 0 aliphatic heterocycles. The summed E-state index contributed by atoms with van der Waals surface area (Å²) in [5.41, 5.74) is 9.64. The van der Waals surface area contributed by atoms with Crippen molar-refractivity contribution >= 4 is 33.1 Å². The van der Waals surface area contributed by atoms with Gasteiger partial charge in [0.15, 0.2) is 5.84 Å². The van der Waals surface area contributed by atoms with Crippen molar-refractivity contribution in [1.82, 2.24) is 0 Å². The Labute approximate surface area is 133 Å². The molecule has 3 N–H and O–H groups in total. The molecule has 0 atom stereocenters. The van der Waals surface area contributed by atoms with Gasteiger partial charge in [-0.25, -0.2) is 0 Å². The third kappa shape index (κ3) is 3.36. The molecule has 21 heavy (non-hydrogen) atoms. The number of anilines is 2. The molecule has 110 valence electrons. The maximum atomic E-state index is 8.94. The van der Waals surface area contributed by atoms with E-state index in [1.807, 2.05) is 30.1 Å². The van der Waals surface area contributed by atoms with E-state index in [0.717, 1.165) is 22.3 Å². The molecule has 5 heteroatoms. The smallest absolute Gasteiger partial charge is 0.172 e. The number of aryl methyl sites for hydroxylation is 1. The number of amidine groups is 1. The number of hydrogen-bond acceptors (Lipinski definition) is 3. The van der Waals surface area contributed by atoms with E-state index in [0.29, 0.717) is 5.56 Å². The predicted octanol–water partition coefficient (Wildman–Crippen LogP) is 3.87. The molecule has 0 heterocycles. The first kappa shape index (κ1) is 15.4. The zero-order valence-electron chi connectivity index (χ0n) is 12.0. The van der Waals surface area contributed by atoms with E-state index < -0.39 is 0 Å². The summed E-state index contributed by atoms with van der Waals surface area (Å²) < 4.78 is 0.934. The van der Waals surface area contributed by atoms with E-state index in [2.05, 4.69) is 52.3 Å². The number of rotatable bonds is 4. The van der Waals surface area contributed by atoms with Gasteiger partial charge in [-0.15, -0.1) is 0 Å². The van der Waals surface area contributed by atoms with Crippen LogP contribution < -0.4 is 10.6 Å². The van der Waals surface area contributed by atoms with E-state index in [1.165, 1.54) is 5.56 Å². The average molecular weight is 348 g/mol. The van der Waals surface area contributed by atoms with E-state index >= 15 is 0 Å². The number of oxime groups is 1. The van der Waals surface area contributed by atoms with Crippen molar-refractivity contribution < 1.29 is 5.21 Å². The molecule has 0 aromatic heterocycles. The fourth-order valence-corrected chi connectivity index (χ4v) is 2.50. The topological polar surface area (TPSA) is 61.8 Å². The highest BCUT2D eigenvalue weighted by Crippen LogP contribution is 2.30. The van der Waals surface area contributed by atoms with Crippen LogP contribution >= 0.6 is 15.9 Å². The minimum Gasteiger partial charge on any atom is -0.409 e. The van der Waals surface area contributed by atoms with Crippen molar-refractivity contribution in [3.8, 4) is 0 Å². The van der Waals surface area contributed by atoms with Gasteiger partial charge in [-0.3, -0.25) is 0 Å². The van der Waals surface area contributed by atoms with Gasteiger partial charge in [0, 0.05) is 22.8 Å². The Kier molecular flexibility index (Phi) is 4.85. The second-order valence-corrected chi connectivity index (χ2v) is 5.64. The second-order valence-electron chi connectivity index (χ2n) is 4.73. The molecule has 0 saturated carbocycles. The quantitative estimate of drug-likeness (QED) is 0.382. The van der Waals surface area contributed by atoms with Crippen LogP contribution in [0.5, 0.6) is 0 Å². The molecule has 0 unspecified atom stereocenters. The fourth-order valence-electron chi connectivity index (χ4n) is 2.15. The van der Waals surface area contributed by atoms with Crippen LogP contribution in [0.3, 0.4) is 0 Å². The lowest BCUT2D eigenvalue weighted by molar-refractivity contribution is 0.318. The molecular weight excluding hydrogens is 330 g/mol. The SMILES string of the molecule is CCc1ccc(N(C)c2cc(Br)ccc2/C(N)=N/O)cc1. The van der Waals surface area contributed by atoms with Crippen LogP contribution in [-0.2, 0) is 6.42 Å². The lowest BCUT2D eigenvalue weighted by atomic mass is 10.1. The molecule has 0 aliphatic carbocycles. The number of halogens is 1. The van der Waals surface area contributed by atoms with Crippen LogP contribution in [-0.4, -0.2) is 18.1 Å². The van der Waals surface area contributed by atoms with Gasteiger partial charge in [0.05, 0.1) is 5.69 Å².